The summed E-state index contributed by atoms with van der Waals surface area (Å²) in [5, 5.41) is 0. The van der Waals surface area contributed by atoms with Gasteiger partial charge in [-0.1, -0.05) is 12.1 Å². The Bertz CT molecular complexity index is 492. The lowest BCUT2D eigenvalue weighted by atomic mass is 10.2. The minimum atomic E-state index is -0.816. The van der Waals surface area contributed by atoms with E-state index in [1.54, 1.807) is 16.8 Å². The molecule has 1 aromatic heterocycles. The molecule has 0 saturated heterocycles. The lowest BCUT2D eigenvalue weighted by molar-refractivity contribution is 0.495. The lowest BCUT2D eigenvalue weighted by Gasteiger charge is -2.05. The van der Waals surface area contributed by atoms with Crippen molar-refractivity contribution in [3.8, 4) is 0 Å². The summed E-state index contributed by atoms with van der Waals surface area (Å²) in [4.78, 5) is 0. The van der Waals surface area contributed by atoms with Gasteiger partial charge in [0.15, 0.2) is 11.6 Å². The zero-order valence-electron chi connectivity index (χ0n) is 8.66. The molecule has 1 aromatic carbocycles. The molecule has 16 heavy (non-hydrogen) atoms. The highest BCUT2D eigenvalue weighted by molar-refractivity contribution is 5.20. The van der Waals surface area contributed by atoms with Crippen molar-refractivity contribution >= 4 is 0 Å². The van der Waals surface area contributed by atoms with E-state index in [0.717, 1.165) is 11.6 Å². The SMILES string of the molecule is NCc1ccn(Cc2cccc(F)c2F)c1. The molecule has 84 valence electrons. The molecule has 2 nitrogen and oxygen atoms in total. The van der Waals surface area contributed by atoms with Gasteiger partial charge in [0.05, 0.1) is 0 Å². The second-order valence-electron chi connectivity index (χ2n) is 3.61. The molecular weight excluding hydrogens is 210 g/mol. The van der Waals surface area contributed by atoms with Crippen LogP contribution in [0.2, 0.25) is 0 Å². The van der Waals surface area contributed by atoms with E-state index in [9.17, 15) is 8.78 Å². The van der Waals surface area contributed by atoms with Crippen molar-refractivity contribution in [1.82, 2.24) is 4.57 Å². The monoisotopic (exact) mass is 222 g/mol. The zero-order chi connectivity index (χ0) is 11.5. The first kappa shape index (κ1) is 10.8. The van der Waals surface area contributed by atoms with Crippen LogP contribution in [0.1, 0.15) is 11.1 Å². The normalized spacial score (nSPS) is 10.7. The van der Waals surface area contributed by atoms with E-state index >= 15 is 0 Å². The van der Waals surface area contributed by atoms with Gasteiger partial charge in [0, 0.05) is 31.0 Å². The Morgan fingerprint density at radius 1 is 1.19 bits per heavy atom. The summed E-state index contributed by atoms with van der Waals surface area (Å²) in [6, 6.07) is 6.04. The predicted molar refractivity (Wildman–Crippen MR) is 57.8 cm³/mol. The van der Waals surface area contributed by atoms with Crippen LogP contribution in [0.4, 0.5) is 8.78 Å². The quantitative estimate of drug-likeness (QED) is 0.848. The highest BCUT2D eigenvalue weighted by Crippen LogP contribution is 2.13. The predicted octanol–water partition coefficient (Wildman–Crippen LogP) is 2.27. The Kier molecular flexibility index (Phi) is 3.01. The van der Waals surface area contributed by atoms with Crippen molar-refractivity contribution < 1.29 is 8.78 Å². The average molecular weight is 222 g/mol. The van der Waals surface area contributed by atoms with Crippen molar-refractivity contribution in [1.29, 1.82) is 0 Å². The van der Waals surface area contributed by atoms with Crippen LogP contribution in [0.3, 0.4) is 0 Å². The number of aromatic nitrogens is 1. The third-order valence-corrected chi connectivity index (χ3v) is 2.43. The van der Waals surface area contributed by atoms with Crippen molar-refractivity contribution in [3.05, 3.63) is 59.4 Å². The second kappa shape index (κ2) is 4.45. The highest BCUT2D eigenvalue weighted by atomic mass is 19.2. The molecule has 0 radical (unpaired) electrons. The summed E-state index contributed by atoms with van der Waals surface area (Å²) in [5.41, 5.74) is 6.76. The minimum absolute atomic E-state index is 0.309. The van der Waals surface area contributed by atoms with E-state index in [-0.39, 0.29) is 0 Å². The Labute approximate surface area is 92.3 Å². The largest absolute Gasteiger partial charge is 0.349 e. The topological polar surface area (TPSA) is 30.9 Å². The van der Waals surface area contributed by atoms with Crippen LogP contribution >= 0.6 is 0 Å². The Morgan fingerprint density at radius 3 is 2.69 bits per heavy atom. The van der Waals surface area contributed by atoms with Crippen molar-refractivity contribution in [3.63, 3.8) is 0 Å². The minimum Gasteiger partial charge on any atom is -0.349 e. The third-order valence-electron chi connectivity index (χ3n) is 2.43. The second-order valence-corrected chi connectivity index (χ2v) is 3.61. The van der Waals surface area contributed by atoms with E-state index in [4.69, 9.17) is 5.73 Å². The molecule has 2 rings (SSSR count). The zero-order valence-corrected chi connectivity index (χ0v) is 8.66. The maximum absolute atomic E-state index is 13.4. The van der Waals surface area contributed by atoms with Gasteiger partial charge in [-0.25, -0.2) is 8.78 Å². The van der Waals surface area contributed by atoms with Crippen LogP contribution in [0.5, 0.6) is 0 Å². The van der Waals surface area contributed by atoms with E-state index in [0.29, 0.717) is 18.7 Å². The molecule has 0 aliphatic carbocycles. The molecule has 2 aromatic rings. The van der Waals surface area contributed by atoms with Crippen molar-refractivity contribution in [2.24, 2.45) is 5.73 Å². The molecule has 0 amide bonds. The molecule has 0 aliphatic rings. The van der Waals surface area contributed by atoms with Crippen molar-refractivity contribution in [2.75, 3.05) is 0 Å². The number of nitrogens with zero attached hydrogens (tertiary/aromatic N) is 1. The standard InChI is InChI=1S/C12H12F2N2/c13-11-3-1-2-10(12(11)14)8-16-5-4-9(6-15)7-16/h1-5,7H,6,8,15H2. The summed E-state index contributed by atoms with van der Waals surface area (Å²) in [7, 11) is 0. The first-order valence-corrected chi connectivity index (χ1v) is 4.98. The first-order valence-electron chi connectivity index (χ1n) is 4.98. The van der Waals surface area contributed by atoms with Crippen LogP contribution in [-0.2, 0) is 13.1 Å². The molecule has 0 bridgehead atoms. The summed E-state index contributed by atoms with van der Waals surface area (Å²) < 4.78 is 28.1. The molecule has 0 spiro atoms. The average Bonchev–Trinajstić information content (AvgIpc) is 2.73. The number of benzene rings is 1. The molecule has 0 saturated carbocycles. The van der Waals surface area contributed by atoms with Gasteiger partial charge in [0.1, 0.15) is 0 Å². The van der Waals surface area contributed by atoms with Crippen LogP contribution in [0.15, 0.2) is 36.7 Å². The summed E-state index contributed by atoms with van der Waals surface area (Å²) >= 11 is 0. The number of hydrogen-bond acceptors (Lipinski definition) is 1. The fraction of sp³-hybridized carbons (Fsp3) is 0.167. The van der Waals surface area contributed by atoms with E-state index in [2.05, 4.69) is 0 Å². The fourth-order valence-electron chi connectivity index (χ4n) is 1.58. The van der Waals surface area contributed by atoms with Gasteiger partial charge >= 0.3 is 0 Å². The smallest absolute Gasteiger partial charge is 0.163 e. The molecule has 0 atom stereocenters. The molecular formula is C12H12F2N2. The third kappa shape index (κ3) is 2.12. The van der Waals surface area contributed by atoms with Crippen LogP contribution in [0, 0.1) is 11.6 Å². The first-order chi connectivity index (χ1) is 7.70. The van der Waals surface area contributed by atoms with E-state index in [1.807, 2.05) is 12.3 Å². The number of halogens is 2. The van der Waals surface area contributed by atoms with Crippen molar-refractivity contribution in [2.45, 2.75) is 13.1 Å². The van der Waals surface area contributed by atoms with E-state index in [1.165, 1.54) is 6.07 Å². The summed E-state index contributed by atoms with van der Waals surface area (Å²) in [6.45, 7) is 0.752. The maximum Gasteiger partial charge on any atom is 0.163 e. The van der Waals surface area contributed by atoms with Crippen LogP contribution in [-0.4, -0.2) is 4.57 Å². The molecule has 0 fully saturated rings. The van der Waals surface area contributed by atoms with Crippen LogP contribution < -0.4 is 5.73 Å². The van der Waals surface area contributed by atoms with Gasteiger partial charge in [-0.2, -0.15) is 0 Å². The number of hydrogen-bond donors (Lipinski definition) is 1. The van der Waals surface area contributed by atoms with Gasteiger partial charge in [-0.05, 0) is 17.7 Å². The Hall–Kier alpha value is -1.68. The van der Waals surface area contributed by atoms with Gasteiger partial charge in [-0.3, -0.25) is 0 Å². The van der Waals surface area contributed by atoms with Crippen LogP contribution in [0.25, 0.3) is 0 Å². The van der Waals surface area contributed by atoms with Gasteiger partial charge in [-0.15, -0.1) is 0 Å². The number of rotatable bonds is 3. The molecule has 4 heteroatoms. The summed E-state index contributed by atoms with van der Waals surface area (Å²) in [6.07, 6.45) is 3.62. The molecule has 0 unspecified atom stereocenters. The molecule has 0 aliphatic heterocycles. The van der Waals surface area contributed by atoms with E-state index < -0.39 is 11.6 Å². The van der Waals surface area contributed by atoms with Gasteiger partial charge < -0.3 is 10.3 Å². The maximum atomic E-state index is 13.4. The Balaban J connectivity index is 2.23. The molecule has 2 N–H and O–H groups in total. The highest BCUT2D eigenvalue weighted by Gasteiger charge is 2.07. The lowest BCUT2D eigenvalue weighted by Crippen LogP contribution is -2.01. The van der Waals surface area contributed by atoms with Gasteiger partial charge in [0.25, 0.3) is 0 Å². The molecule has 1 heterocycles. The summed E-state index contributed by atoms with van der Waals surface area (Å²) in [5.74, 6) is -1.60. The fourth-order valence-corrected chi connectivity index (χ4v) is 1.58. The number of nitrogens with two attached hydrogens (primary N) is 1. The van der Waals surface area contributed by atoms with Gasteiger partial charge in [0.2, 0.25) is 0 Å². The Morgan fingerprint density at radius 2 is 2.00 bits per heavy atom.